The van der Waals surface area contributed by atoms with Gasteiger partial charge in [-0.05, 0) is 38.0 Å². The molecule has 1 spiro atoms. The molecule has 1 saturated heterocycles. The first-order chi connectivity index (χ1) is 9.05. The van der Waals surface area contributed by atoms with Crippen LogP contribution in [0, 0.1) is 6.92 Å². The van der Waals surface area contributed by atoms with Crippen molar-refractivity contribution in [2.24, 2.45) is 0 Å². The molecule has 0 bridgehead atoms. The van der Waals surface area contributed by atoms with Crippen LogP contribution in [0.4, 0.5) is 0 Å². The van der Waals surface area contributed by atoms with E-state index < -0.39 is 15.7 Å². The van der Waals surface area contributed by atoms with Gasteiger partial charge in [-0.15, -0.1) is 0 Å². The lowest BCUT2D eigenvalue weighted by atomic mass is 10.2. The normalized spacial score (nSPS) is 27.4. The van der Waals surface area contributed by atoms with Crippen LogP contribution in [-0.4, -0.2) is 31.6 Å². The molecule has 0 N–H and O–H groups in total. The van der Waals surface area contributed by atoms with Crippen molar-refractivity contribution in [3.63, 3.8) is 0 Å². The lowest BCUT2D eigenvalue weighted by Gasteiger charge is -2.31. The van der Waals surface area contributed by atoms with Gasteiger partial charge in [0.2, 0.25) is 10.0 Å². The molecule has 0 aliphatic carbocycles. The van der Waals surface area contributed by atoms with Crippen molar-refractivity contribution in [2.45, 2.75) is 30.4 Å². The summed E-state index contributed by atoms with van der Waals surface area (Å²) in [6, 6.07) is 6.96. The van der Waals surface area contributed by atoms with Gasteiger partial charge in [-0.1, -0.05) is 23.8 Å². The molecule has 4 nitrogen and oxygen atoms in total. The van der Waals surface area contributed by atoms with Crippen molar-refractivity contribution in [3.05, 3.63) is 42.0 Å². The second kappa shape index (κ2) is 4.44. The van der Waals surface area contributed by atoms with Gasteiger partial charge < -0.3 is 4.74 Å². The van der Waals surface area contributed by atoms with E-state index in [0.717, 1.165) is 18.4 Å². The van der Waals surface area contributed by atoms with Gasteiger partial charge >= 0.3 is 0 Å². The molecule has 1 fully saturated rings. The molecule has 0 radical (unpaired) electrons. The summed E-state index contributed by atoms with van der Waals surface area (Å²) in [5.41, 5.74) is 0.302. The minimum absolute atomic E-state index is 0.336. The molecular weight excluding hydrogens is 262 g/mol. The average molecular weight is 279 g/mol. The van der Waals surface area contributed by atoms with E-state index in [9.17, 15) is 8.42 Å². The Labute approximate surface area is 113 Å². The highest BCUT2D eigenvalue weighted by atomic mass is 32.2. The maximum atomic E-state index is 12.7. The van der Waals surface area contributed by atoms with Gasteiger partial charge in [-0.25, -0.2) is 8.42 Å². The lowest BCUT2D eigenvalue weighted by Crippen LogP contribution is -2.46. The zero-order valence-corrected chi connectivity index (χ0v) is 11.7. The Bertz CT molecular complexity index is 606. The fourth-order valence-corrected chi connectivity index (χ4v) is 4.45. The number of benzene rings is 1. The van der Waals surface area contributed by atoms with Gasteiger partial charge in [0.1, 0.15) is 0 Å². The van der Waals surface area contributed by atoms with Crippen LogP contribution in [0.1, 0.15) is 18.4 Å². The van der Waals surface area contributed by atoms with Crippen LogP contribution in [-0.2, 0) is 14.8 Å². The molecule has 102 valence electrons. The Morgan fingerprint density at radius 1 is 1.26 bits per heavy atom. The number of ether oxygens (including phenoxy) is 1. The Balaban J connectivity index is 2.00. The Morgan fingerprint density at radius 3 is 2.63 bits per heavy atom. The summed E-state index contributed by atoms with van der Waals surface area (Å²) in [6.45, 7) is 2.94. The highest BCUT2D eigenvalue weighted by Crippen LogP contribution is 2.38. The second-order valence-electron chi connectivity index (χ2n) is 5.05. The van der Waals surface area contributed by atoms with Gasteiger partial charge in [0.05, 0.1) is 11.5 Å². The molecule has 5 heteroatoms. The zero-order valence-electron chi connectivity index (χ0n) is 10.9. The molecule has 0 unspecified atom stereocenters. The monoisotopic (exact) mass is 279 g/mol. The van der Waals surface area contributed by atoms with Crippen LogP contribution in [0.25, 0.3) is 0 Å². The molecule has 1 aromatic carbocycles. The first-order valence-corrected chi connectivity index (χ1v) is 7.90. The van der Waals surface area contributed by atoms with Crippen molar-refractivity contribution in [3.8, 4) is 0 Å². The van der Waals surface area contributed by atoms with Crippen molar-refractivity contribution in [1.29, 1.82) is 0 Å². The maximum absolute atomic E-state index is 12.7. The summed E-state index contributed by atoms with van der Waals surface area (Å²) < 4.78 is 32.6. The van der Waals surface area contributed by atoms with E-state index in [1.165, 1.54) is 4.31 Å². The van der Waals surface area contributed by atoms with Crippen LogP contribution >= 0.6 is 0 Å². The lowest BCUT2D eigenvalue weighted by molar-refractivity contribution is -0.0348. The van der Waals surface area contributed by atoms with E-state index in [0.29, 0.717) is 18.0 Å². The predicted octanol–water partition coefficient (Wildman–Crippen LogP) is 2.06. The highest BCUT2D eigenvalue weighted by Gasteiger charge is 2.48. The molecule has 0 amide bonds. The molecule has 19 heavy (non-hydrogen) atoms. The van der Waals surface area contributed by atoms with Crippen LogP contribution in [0.5, 0.6) is 0 Å². The third-order valence-electron chi connectivity index (χ3n) is 3.74. The molecular formula is C14H17NO3S. The van der Waals surface area contributed by atoms with E-state index in [1.54, 1.807) is 12.1 Å². The number of rotatable bonds is 2. The number of sulfonamides is 1. The standard InChI is InChI=1S/C14H17NO3S/c1-12-4-6-13(7-5-12)19(16,17)15-10-2-8-14(15)9-3-11-18-14/h3-7,9H,2,8,10-11H2,1H3/t14-/m0/s1. The summed E-state index contributed by atoms with van der Waals surface area (Å²) in [7, 11) is -3.49. The quantitative estimate of drug-likeness (QED) is 0.779. The van der Waals surface area contributed by atoms with Gasteiger partial charge in [0.15, 0.2) is 5.72 Å². The largest absolute Gasteiger partial charge is 0.352 e. The highest BCUT2D eigenvalue weighted by molar-refractivity contribution is 7.89. The van der Waals surface area contributed by atoms with E-state index in [1.807, 2.05) is 31.2 Å². The van der Waals surface area contributed by atoms with E-state index in [2.05, 4.69) is 0 Å². The fourth-order valence-electron chi connectivity index (χ4n) is 2.73. The number of hydrogen-bond acceptors (Lipinski definition) is 3. The van der Waals surface area contributed by atoms with E-state index in [-0.39, 0.29) is 0 Å². The maximum Gasteiger partial charge on any atom is 0.245 e. The van der Waals surface area contributed by atoms with Gasteiger partial charge in [-0.2, -0.15) is 4.31 Å². The number of hydrogen-bond donors (Lipinski definition) is 0. The molecule has 1 aromatic rings. The summed E-state index contributed by atoms with van der Waals surface area (Å²) in [5.74, 6) is 0. The SMILES string of the molecule is Cc1ccc(S(=O)(=O)N2CCC[C@]23C=CCO3)cc1. The van der Waals surface area contributed by atoms with Crippen LogP contribution in [0.2, 0.25) is 0 Å². The summed E-state index contributed by atoms with van der Waals surface area (Å²) in [6.07, 6.45) is 5.33. The number of nitrogens with zero attached hydrogens (tertiary/aromatic N) is 1. The Kier molecular flexibility index (Phi) is 3.00. The molecule has 3 rings (SSSR count). The van der Waals surface area contributed by atoms with Gasteiger partial charge in [-0.3, -0.25) is 0 Å². The van der Waals surface area contributed by atoms with Gasteiger partial charge in [0.25, 0.3) is 0 Å². The smallest absolute Gasteiger partial charge is 0.245 e. The van der Waals surface area contributed by atoms with Crippen LogP contribution in [0.15, 0.2) is 41.3 Å². The minimum Gasteiger partial charge on any atom is -0.352 e. The molecule has 2 aliphatic heterocycles. The van der Waals surface area contributed by atoms with Crippen molar-refractivity contribution in [2.75, 3.05) is 13.2 Å². The molecule has 2 aliphatic rings. The van der Waals surface area contributed by atoms with Crippen molar-refractivity contribution >= 4 is 10.0 Å². The van der Waals surface area contributed by atoms with Crippen molar-refractivity contribution < 1.29 is 13.2 Å². The first kappa shape index (κ1) is 12.8. The molecule has 2 heterocycles. The van der Waals surface area contributed by atoms with E-state index in [4.69, 9.17) is 4.74 Å². The molecule has 1 atom stereocenters. The summed E-state index contributed by atoms with van der Waals surface area (Å²) in [5, 5.41) is 0. The second-order valence-corrected chi connectivity index (χ2v) is 6.91. The van der Waals surface area contributed by atoms with Crippen LogP contribution in [0.3, 0.4) is 0 Å². The first-order valence-electron chi connectivity index (χ1n) is 6.46. The predicted molar refractivity (Wildman–Crippen MR) is 72.1 cm³/mol. The third-order valence-corrected chi connectivity index (χ3v) is 5.67. The molecule has 0 saturated carbocycles. The Hall–Kier alpha value is -1.17. The van der Waals surface area contributed by atoms with Crippen molar-refractivity contribution in [1.82, 2.24) is 4.31 Å². The minimum atomic E-state index is -3.49. The van der Waals surface area contributed by atoms with Gasteiger partial charge in [0, 0.05) is 6.54 Å². The topological polar surface area (TPSA) is 46.6 Å². The fraction of sp³-hybridized carbons (Fsp3) is 0.429. The van der Waals surface area contributed by atoms with Crippen LogP contribution < -0.4 is 0 Å². The summed E-state index contributed by atoms with van der Waals surface area (Å²) >= 11 is 0. The Morgan fingerprint density at radius 2 is 2.00 bits per heavy atom. The van der Waals surface area contributed by atoms with E-state index >= 15 is 0 Å². The third kappa shape index (κ3) is 2.02. The average Bonchev–Trinajstić information content (AvgIpc) is 3.01. The summed E-state index contributed by atoms with van der Waals surface area (Å²) in [4.78, 5) is 0.336. The number of aryl methyl sites for hydroxylation is 1. The molecule has 0 aromatic heterocycles. The zero-order chi connectivity index (χ0) is 13.5.